The van der Waals surface area contributed by atoms with Crippen LogP contribution in [0.1, 0.15) is 48.0 Å². The molecule has 0 fully saturated rings. The molecule has 35 heavy (non-hydrogen) atoms. The van der Waals surface area contributed by atoms with Gasteiger partial charge < -0.3 is 20.4 Å². The Morgan fingerprint density at radius 1 is 0.743 bits per heavy atom. The predicted molar refractivity (Wildman–Crippen MR) is 135 cm³/mol. The lowest BCUT2D eigenvalue weighted by Crippen LogP contribution is -2.23. The summed E-state index contributed by atoms with van der Waals surface area (Å²) in [6.07, 6.45) is 1.43. The van der Waals surface area contributed by atoms with E-state index >= 15 is 0 Å². The van der Waals surface area contributed by atoms with Gasteiger partial charge in [-0.05, 0) is 73.5 Å². The summed E-state index contributed by atoms with van der Waals surface area (Å²) < 4.78 is 5.12. The minimum atomic E-state index is -0.389. The molecule has 0 aliphatic heterocycles. The van der Waals surface area contributed by atoms with Gasteiger partial charge in [0, 0.05) is 29.0 Å². The summed E-state index contributed by atoms with van der Waals surface area (Å²) in [5, 5.41) is 8.53. The van der Waals surface area contributed by atoms with Crippen molar-refractivity contribution in [2.24, 2.45) is 0 Å². The zero-order valence-corrected chi connectivity index (χ0v) is 19.4. The Balaban J connectivity index is 1.38. The van der Waals surface area contributed by atoms with E-state index in [2.05, 4.69) is 16.0 Å². The number of anilines is 2. The highest BCUT2D eigenvalue weighted by Crippen LogP contribution is 2.19. The Morgan fingerprint density at radius 2 is 1.51 bits per heavy atom. The predicted octanol–water partition coefficient (Wildman–Crippen LogP) is 5.33. The molecule has 7 heteroatoms. The van der Waals surface area contributed by atoms with E-state index in [0.717, 1.165) is 16.7 Å². The van der Waals surface area contributed by atoms with Crippen molar-refractivity contribution in [3.63, 3.8) is 0 Å². The Morgan fingerprint density at radius 3 is 2.26 bits per heavy atom. The number of rotatable bonds is 7. The first-order valence-electron chi connectivity index (χ1n) is 11.1. The standard InChI is InChI=1S/C28H25N3O4/c1-18-8-11-21(12-9-18)27(33)30-23-6-3-5-20(15-23)17-29-26(32)22-13-10-19(2)24(16-22)31-28(34)25-7-4-14-35-25/h3-16H,17H2,1-2H3,(H,29,32)(H,30,33)(H,31,34). The molecule has 3 amide bonds. The monoisotopic (exact) mass is 467 g/mol. The fourth-order valence-electron chi connectivity index (χ4n) is 3.44. The molecule has 0 spiro atoms. The van der Waals surface area contributed by atoms with E-state index in [9.17, 15) is 14.4 Å². The number of amides is 3. The van der Waals surface area contributed by atoms with Crippen LogP contribution in [-0.2, 0) is 6.54 Å². The van der Waals surface area contributed by atoms with Gasteiger partial charge in [0.05, 0.1) is 6.26 Å². The summed E-state index contributed by atoms with van der Waals surface area (Å²) in [5.74, 6) is -0.684. The molecule has 0 saturated carbocycles. The first-order chi connectivity index (χ1) is 16.9. The second-order valence-corrected chi connectivity index (χ2v) is 8.16. The van der Waals surface area contributed by atoms with Crippen LogP contribution in [-0.4, -0.2) is 17.7 Å². The molecule has 0 aliphatic carbocycles. The van der Waals surface area contributed by atoms with Crippen molar-refractivity contribution in [1.82, 2.24) is 5.32 Å². The molecule has 176 valence electrons. The van der Waals surface area contributed by atoms with Gasteiger partial charge in [-0.2, -0.15) is 0 Å². The number of aryl methyl sites for hydroxylation is 2. The zero-order chi connectivity index (χ0) is 24.8. The number of benzene rings is 3. The molecular weight excluding hydrogens is 442 g/mol. The maximum atomic E-state index is 12.8. The molecule has 0 saturated heterocycles. The maximum absolute atomic E-state index is 12.8. The van der Waals surface area contributed by atoms with Crippen LogP contribution in [0.3, 0.4) is 0 Å². The summed E-state index contributed by atoms with van der Waals surface area (Å²) in [5.41, 5.74) is 4.88. The Labute approximate surface area is 203 Å². The number of nitrogens with one attached hydrogen (secondary N) is 3. The molecule has 7 nitrogen and oxygen atoms in total. The minimum absolute atomic E-state index is 0.189. The summed E-state index contributed by atoms with van der Waals surface area (Å²) in [6.45, 7) is 4.08. The van der Waals surface area contributed by atoms with Gasteiger partial charge in [-0.1, -0.05) is 35.9 Å². The first-order valence-corrected chi connectivity index (χ1v) is 11.1. The molecule has 1 aromatic heterocycles. The number of hydrogen-bond donors (Lipinski definition) is 3. The van der Waals surface area contributed by atoms with E-state index < -0.39 is 0 Å². The van der Waals surface area contributed by atoms with E-state index in [1.165, 1.54) is 6.26 Å². The van der Waals surface area contributed by atoms with Gasteiger partial charge in [0.2, 0.25) is 0 Å². The van der Waals surface area contributed by atoms with Crippen molar-refractivity contribution in [2.75, 3.05) is 10.6 Å². The third-order valence-corrected chi connectivity index (χ3v) is 5.44. The van der Waals surface area contributed by atoms with Crippen LogP contribution in [0.15, 0.2) is 89.5 Å². The molecule has 1 heterocycles. The molecule has 0 unspecified atom stereocenters. The van der Waals surface area contributed by atoms with E-state index in [4.69, 9.17) is 4.42 Å². The van der Waals surface area contributed by atoms with Crippen molar-refractivity contribution in [2.45, 2.75) is 20.4 Å². The molecule has 3 N–H and O–H groups in total. The second-order valence-electron chi connectivity index (χ2n) is 8.16. The first kappa shape index (κ1) is 23.5. The van der Waals surface area contributed by atoms with Crippen LogP contribution < -0.4 is 16.0 Å². The summed E-state index contributed by atoms with van der Waals surface area (Å²) in [4.78, 5) is 37.5. The summed E-state index contributed by atoms with van der Waals surface area (Å²) in [6, 6.07) is 22.9. The normalized spacial score (nSPS) is 10.5. The average molecular weight is 468 g/mol. The van der Waals surface area contributed by atoms with Crippen molar-refractivity contribution in [3.8, 4) is 0 Å². The summed E-state index contributed by atoms with van der Waals surface area (Å²) >= 11 is 0. The second kappa shape index (κ2) is 10.5. The van der Waals surface area contributed by atoms with Crippen LogP contribution >= 0.6 is 0 Å². The van der Waals surface area contributed by atoms with Crippen molar-refractivity contribution < 1.29 is 18.8 Å². The molecule has 3 aromatic carbocycles. The highest BCUT2D eigenvalue weighted by Gasteiger charge is 2.13. The highest BCUT2D eigenvalue weighted by molar-refractivity contribution is 6.05. The third kappa shape index (κ3) is 6.03. The number of furan rings is 1. The fraction of sp³-hybridized carbons (Fsp3) is 0.107. The minimum Gasteiger partial charge on any atom is -0.459 e. The van der Waals surface area contributed by atoms with Crippen LogP contribution in [0.25, 0.3) is 0 Å². The van der Waals surface area contributed by atoms with E-state index in [1.807, 2.05) is 44.2 Å². The average Bonchev–Trinajstić information content (AvgIpc) is 3.40. The van der Waals surface area contributed by atoms with Gasteiger partial charge >= 0.3 is 0 Å². The number of carbonyl (C=O) groups excluding carboxylic acids is 3. The molecule has 0 aliphatic rings. The molecule has 0 bridgehead atoms. The van der Waals surface area contributed by atoms with Crippen molar-refractivity contribution >= 4 is 29.1 Å². The molecule has 4 aromatic rings. The van der Waals surface area contributed by atoms with E-state index in [-0.39, 0.29) is 30.0 Å². The van der Waals surface area contributed by atoms with Gasteiger partial charge in [0.15, 0.2) is 5.76 Å². The molecule has 4 rings (SSSR count). The zero-order valence-electron chi connectivity index (χ0n) is 19.4. The fourth-order valence-corrected chi connectivity index (χ4v) is 3.44. The van der Waals surface area contributed by atoms with Gasteiger partial charge in [-0.15, -0.1) is 0 Å². The Kier molecular flexibility index (Phi) is 7.07. The number of hydrogen-bond acceptors (Lipinski definition) is 4. The van der Waals surface area contributed by atoms with E-state index in [0.29, 0.717) is 22.5 Å². The van der Waals surface area contributed by atoms with E-state index in [1.54, 1.807) is 48.5 Å². The van der Waals surface area contributed by atoms with Crippen LogP contribution in [0.2, 0.25) is 0 Å². The lowest BCUT2D eigenvalue weighted by Gasteiger charge is -2.11. The smallest absolute Gasteiger partial charge is 0.291 e. The van der Waals surface area contributed by atoms with Crippen LogP contribution in [0.4, 0.5) is 11.4 Å². The maximum Gasteiger partial charge on any atom is 0.291 e. The quantitative estimate of drug-likeness (QED) is 0.342. The Hall–Kier alpha value is -4.65. The van der Waals surface area contributed by atoms with Crippen molar-refractivity contribution in [3.05, 3.63) is 119 Å². The van der Waals surface area contributed by atoms with Gasteiger partial charge in [0.25, 0.3) is 17.7 Å². The number of carbonyl (C=O) groups is 3. The molecule has 0 radical (unpaired) electrons. The molecule has 0 atom stereocenters. The van der Waals surface area contributed by atoms with Crippen LogP contribution in [0, 0.1) is 13.8 Å². The lowest BCUT2D eigenvalue weighted by molar-refractivity contribution is 0.0948. The van der Waals surface area contributed by atoms with Gasteiger partial charge in [0.1, 0.15) is 0 Å². The van der Waals surface area contributed by atoms with Gasteiger partial charge in [-0.3, -0.25) is 14.4 Å². The molecular formula is C28H25N3O4. The topological polar surface area (TPSA) is 100 Å². The third-order valence-electron chi connectivity index (χ3n) is 5.44. The van der Waals surface area contributed by atoms with Crippen molar-refractivity contribution in [1.29, 1.82) is 0 Å². The van der Waals surface area contributed by atoms with Crippen LogP contribution in [0.5, 0.6) is 0 Å². The SMILES string of the molecule is Cc1ccc(C(=O)Nc2cccc(CNC(=O)c3ccc(C)c(NC(=O)c4ccco4)c3)c2)cc1. The largest absolute Gasteiger partial charge is 0.459 e. The summed E-state index contributed by atoms with van der Waals surface area (Å²) in [7, 11) is 0. The van der Waals surface area contributed by atoms with Gasteiger partial charge in [-0.25, -0.2) is 0 Å². The Bertz CT molecular complexity index is 1360. The lowest BCUT2D eigenvalue weighted by atomic mass is 10.1. The highest BCUT2D eigenvalue weighted by atomic mass is 16.3.